The Morgan fingerprint density at radius 3 is 0.639 bits per heavy atom. The van der Waals surface area contributed by atoms with Crippen LogP contribution in [-0.4, -0.2) is 8.72 Å². The van der Waals surface area contributed by atoms with E-state index in [-0.39, 0.29) is 0 Å². The van der Waals surface area contributed by atoms with E-state index in [9.17, 15) is 0 Å². The van der Waals surface area contributed by atoms with Gasteiger partial charge in [-0.2, -0.15) is 0 Å². The molecule has 0 unspecified atom stereocenters. The van der Waals surface area contributed by atoms with Crippen molar-refractivity contribution >= 4 is 31.5 Å². The van der Waals surface area contributed by atoms with Gasteiger partial charge >= 0.3 is 8.72 Å². The van der Waals surface area contributed by atoms with Crippen LogP contribution < -0.4 is 18.3 Å². The van der Waals surface area contributed by atoms with Crippen molar-refractivity contribution < 1.29 is 0 Å². The maximum Gasteiger partial charge on any atom is 0.520 e. The van der Waals surface area contributed by atoms with Gasteiger partial charge in [0.15, 0.2) is 0 Å². The van der Waals surface area contributed by atoms with Crippen LogP contribution in [0.1, 0.15) is 27.7 Å². The molecule has 61 heavy (non-hydrogen) atoms. The summed E-state index contributed by atoms with van der Waals surface area (Å²) in [4.78, 5) is 0. The maximum atomic E-state index is 2.72. The minimum atomic E-state index is -3.51. The van der Waals surface area contributed by atoms with Gasteiger partial charge in [0.25, 0.3) is 0 Å². The second-order valence-electron chi connectivity index (χ2n) is 15.9. The minimum Gasteiger partial charge on any atom is -0.318 e. The van der Waals surface area contributed by atoms with Gasteiger partial charge in [0, 0.05) is 45.5 Å². The molecule has 8 aromatic carbocycles. The number of benzene rings is 8. The van der Waals surface area contributed by atoms with E-state index in [1.807, 2.05) is 0 Å². The van der Waals surface area contributed by atoms with Crippen LogP contribution in [0.15, 0.2) is 241 Å². The normalized spacial score (nSPS) is 14.8. The first-order valence-electron chi connectivity index (χ1n) is 21.1. The Labute approximate surface area is 361 Å². The van der Waals surface area contributed by atoms with Gasteiger partial charge in [-0.3, -0.25) is 0 Å². The number of hydrogen-bond donors (Lipinski definition) is 0. The molecular formula is C56H48N4Si. The lowest BCUT2D eigenvalue weighted by molar-refractivity contribution is 1.10. The molecule has 4 nitrogen and oxygen atoms in total. The third-order valence-electron chi connectivity index (χ3n) is 12.4. The number of anilines is 4. The molecule has 2 aliphatic heterocycles. The summed E-state index contributed by atoms with van der Waals surface area (Å²) in [5, 5.41) is 0. The molecule has 0 radical (unpaired) electrons. The molecule has 0 aliphatic carbocycles. The summed E-state index contributed by atoms with van der Waals surface area (Å²) in [7, 11) is -3.51. The Morgan fingerprint density at radius 2 is 0.426 bits per heavy atom. The molecule has 2 heterocycles. The first-order chi connectivity index (χ1) is 29.9. The van der Waals surface area contributed by atoms with Crippen molar-refractivity contribution in [3.63, 3.8) is 0 Å². The van der Waals surface area contributed by atoms with E-state index in [1.165, 1.54) is 67.3 Å². The molecule has 10 rings (SSSR count). The molecule has 0 saturated heterocycles. The highest BCUT2D eigenvalue weighted by molar-refractivity contribution is 6.96. The molecule has 0 aromatic heterocycles. The van der Waals surface area contributed by atoms with E-state index in [1.54, 1.807) is 0 Å². The fourth-order valence-corrected chi connectivity index (χ4v) is 15.0. The molecule has 0 N–H and O–H groups in total. The van der Waals surface area contributed by atoms with Gasteiger partial charge in [0.1, 0.15) is 0 Å². The first kappa shape index (κ1) is 37.9. The molecular weight excluding hydrogens is 757 g/mol. The quantitative estimate of drug-likeness (QED) is 0.142. The number of rotatable bonds is 8. The van der Waals surface area contributed by atoms with E-state index < -0.39 is 8.72 Å². The monoisotopic (exact) mass is 804 g/mol. The van der Waals surface area contributed by atoms with Crippen molar-refractivity contribution in [2.75, 3.05) is 18.3 Å². The molecule has 0 fully saturated rings. The standard InChI is InChI=1S/C56H48N4Si/c1-41-42(2)58(54-34-18-30-50(38-54)46-23-11-6-12-24-46)61(57(41)53-33-17-29-49(37-53)45-21-9-5-10-22-45)59(55-35-19-31-51(39-55)47-25-13-7-14-26-47)43(3)44(4)60(61)56-36-20-32-52(40-56)48-27-15-8-16-28-48/h5-40H,1-4H3. The fourth-order valence-electron chi connectivity index (χ4n) is 9.44. The lowest BCUT2D eigenvalue weighted by atomic mass is 10.1. The van der Waals surface area contributed by atoms with Crippen molar-refractivity contribution in [3.8, 4) is 44.5 Å². The second kappa shape index (κ2) is 15.7. The topological polar surface area (TPSA) is 13.0 Å². The average molecular weight is 805 g/mol. The van der Waals surface area contributed by atoms with Gasteiger partial charge in [-0.1, -0.05) is 170 Å². The van der Waals surface area contributed by atoms with E-state index in [0.717, 1.165) is 22.7 Å². The van der Waals surface area contributed by atoms with E-state index in [2.05, 4.69) is 264 Å². The number of nitrogens with zero attached hydrogens (tertiary/aromatic N) is 4. The largest absolute Gasteiger partial charge is 0.520 e. The van der Waals surface area contributed by atoms with Gasteiger partial charge < -0.3 is 18.3 Å². The molecule has 296 valence electrons. The van der Waals surface area contributed by atoms with Gasteiger partial charge in [-0.25, -0.2) is 0 Å². The highest BCUT2D eigenvalue weighted by Gasteiger charge is 2.68. The summed E-state index contributed by atoms with van der Waals surface area (Å²) in [6.45, 7) is 9.28. The minimum absolute atomic E-state index is 1.16. The Hall–Kier alpha value is -7.34. The Kier molecular flexibility index (Phi) is 9.74. The van der Waals surface area contributed by atoms with Crippen LogP contribution in [0.25, 0.3) is 44.5 Å². The summed E-state index contributed by atoms with van der Waals surface area (Å²) in [6.07, 6.45) is 0. The van der Waals surface area contributed by atoms with Crippen molar-refractivity contribution in [3.05, 3.63) is 241 Å². The number of hydrogen-bond acceptors (Lipinski definition) is 4. The molecule has 0 saturated carbocycles. The average Bonchev–Trinajstić information content (AvgIpc) is 3.69. The van der Waals surface area contributed by atoms with Gasteiger partial charge in [-0.15, -0.1) is 0 Å². The molecule has 0 amide bonds. The van der Waals surface area contributed by atoms with Gasteiger partial charge in [0.05, 0.1) is 0 Å². The Bertz CT molecular complexity index is 2520. The summed E-state index contributed by atoms with van der Waals surface area (Å²) in [6, 6.07) is 79.7. The molecule has 0 atom stereocenters. The summed E-state index contributed by atoms with van der Waals surface area (Å²) < 4.78 is 10.9. The Balaban J connectivity index is 1.29. The Morgan fingerprint density at radius 1 is 0.230 bits per heavy atom. The van der Waals surface area contributed by atoms with Crippen molar-refractivity contribution in [1.29, 1.82) is 0 Å². The van der Waals surface area contributed by atoms with Crippen LogP contribution in [0.3, 0.4) is 0 Å². The van der Waals surface area contributed by atoms with Crippen LogP contribution in [0.5, 0.6) is 0 Å². The maximum absolute atomic E-state index is 3.51. The molecule has 2 aliphatic rings. The van der Waals surface area contributed by atoms with Crippen LogP contribution in [-0.2, 0) is 0 Å². The summed E-state index contributed by atoms with van der Waals surface area (Å²) in [5.41, 5.74) is 19.0. The smallest absolute Gasteiger partial charge is 0.318 e. The zero-order valence-electron chi connectivity index (χ0n) is 35.1. The van der Waals surface area contributed by atoms with E-state index in [0.29, 0.717) is 0 Å². The lowest BCUT2D eigenvalue weighted by Crippen LogP contribution is -2.78. The van der Waals surface area contributed by atoms with Crippen LogP contribution >= 0.6 is 0 Å². The number of allylic oxidation sites excluding steroid dienone is 4. The van der Waals surface area contributed by atoms with Crippen molar-refractivity contribution in [2.45, 2.75) is 27.7 Å². The van der Waals surface area contributed by atoms with Crippen molar-refractivity contribution in [2.24, 2.45) is 0 Å². The zero-order chi connectivity index (χ0) is 41.5. The highest BCUT2D eigenvalue weighted by Crippen LogP contribution is 2.54. The predicted octanol–water partition coefficient (Wildman–Crippen LogP) is 14.6. The van der Waals surface area contributed by atoms with Crippen LogP contribution in [0, 0.1) is 0 Å². The molecule has 1 spiro atoms. The lowest BCUT2D eigenvalue weighted by Gasteiger charge is -2.51. The van der Waals surface area contributed by atoms with Gasteiger partial charge in [0.2, 0.25) is 0 Å². The SMILES string of the molecule is CC1=C(C)N(c2cccc(-c3ccccc3)c2)[Si]2(N1c1cccc(-c3ccccc3)c1)N(c1cccc(-c3ccccc3)c1)C(C)=C(C)N2c1cccc(-c2ccccc2)c1. The van der Waals surface area contributed by atoms with Crippen LogP contribution in [0.2, 0.25) is 0 Å². The fraction of sp³-hybridized carbons (Fsp3) is 0.0714. The first-order valence-corrected chi connectivity index (χ1v) is 22.9. The molecule has 8 aromatic rings. The molecule has 0 bridgehead atoms. The van der Waals surface area contributed by atoms with Crippen molar-refractivity contribution in [1.82, 2.24) is 0 Å². The highest BCUT2D eigenvalue weighted by atomic mass is 28.4. The summed E-state index contributed by atoms with van der Waals surface area (Å²) in [5.74, 6) is 0. The second-order valence-corrected chi connectivity index (χ2v) is 18.9. The predicted molar refractivity (Wildman–Crippen MR) is 260 cm³/mol. The van der Waals surface area contributed by atoms with E-state index >= 15 is 0 Å². The summed E-state index contributed by atoms with van der Waals surface area (Å²) >= 11 is 0. The third-order valence-corrected chi connectivity index (χ3v) is 17.2. The van der Waals surface area contributed by atoms with Gasteiger partial charge in [-0.05, 0) is 121 Å². The molecule has 5 heteroatoms. The van der Waals surface area contributed by atoms with Crippen LogP contribution in [0.4, 0.5) is 22.7 Å². The zero-order valence-corrected chi connectivity index (χ0v) is 36.1. The van der Waals surface area contributed by atoms with E-state index in [4.69, 9.17) is 0 Å². The third kappa shape index (κ3) is 6.46.